The Morgan fingerprint density at radius 3 is 2.75 bits per heavy atom. The van der Waals surface area contributed by atoms with Crippen molar-refractivity contribution < 1.29 is 9.59 Å². The first kappa shape index (κ1) is 18.2. The number of nitrogens with zero attached hydrogens (tertiary/aromatic N) is 3. The fourth-order valence-corrected chi connectivity index (χ4v) is 3.69. The topological polar surface area (TPSA) is 67.2 Å². The summed E-state index contributed by atoms with van der Waals surface area (Å²) in [5, 5.41) is 2.99. The van der Waals surface area contributed by atoms with Crippen LogP contribution in [0.3, 0.4) is 0 Å². The van der Waals surface area contributed by atoms with Gasteiger partial charge in [-0.3, -0.25) is 9.59 Å². The van der Waals surface area contributed by atoms with Gasteiger partial charge >= 0.3 is 0 Å². The molecule has 6 nitrogen and oxygen atoms in total. The van der Waals surface area contributed by atoms with E-state index in [2.05, 4.69) is 28.5 Å². The van der Waals surface area contributed by atoms with Gasteiger partial charge in [0.15, 0.2) is 5.82 Å². The number of imidazole rings is 1. The molecule has 0 spiro atoms. The van der Waals surface area contributed by atoms with Crippen molar-refractivity contribution in [3.63, 3.8) is 0 Å². The van der Waals surface area contributed by atoms with Crippen LogP contribution >= 0.6 is 0 Å². The molecule has 1 aliphatic rings. The molecule has 144 valence electrons. The largest absolute Gasteiger partial charge is 0.348 e. The van der Waals surface area contributed by atoms with Gasteiger partial charge in [-0.25, -0.2) is 4.98 Å². The van der Waals surface area contributed by atoms with E-state index in [-0.39, 0.29) is 11.8 Å². The van der Waals surface area contributed by atoms with E-state index >= 15 is 0 Å². The summed E-state index contributed by atoms with van der Waals surface area (Å²) in [7, 11) is 0. The highest BCUT2D eigenvalue weighted by Crippen LogP contribution is 2.22. The Hall–Kier alpha value is -3.15. The molecule has 0 fully saturated rings. The average molecular weight is 376 g/mol. The third-order valence-corrected chi connectivity index (χ3v) is 5.41. The molecule has 1 N–H and O–H groups in total. The van der Waals surface area contributed by atoms with Gasteiger partial charge in [0.05, 0.1) is 11.0 Å². The summed E-state index contributed by atoms with van der Waals surface area (Å²) >= 11 is 0. The Bertz CT molecular complexity index is 1080. The summed E-state index contributed by atoms with van der Waals surface area (Å²) in [5.74, 6) is 0.261. The van der Waals surface area contributed by atoms with Gasteiger partial charge in [-0.15, -0.1) is 0 Å². The Labute approximate surface area is 164 Å². The lowest BCUT2D eigenvalue weighted by Crippen LogP contribution is -2.40. The van der Waals surface area contributed by atoms with E-state index in [0.29, 0.717) is 36.5 Å². The number of benzene rings is 2. The molecular weight excluding hydrogens is 352 g/mol. The maximum atomic E-state index is 12.6. The second-order valence-corrected chi connectivity index (χ2v) is 7.29. The number of aromatic nitrogens is 2. The van der Waals surface area contributed by atoms with Crippen LogP contribution in [-0.2, 0) is 13.1 Å². The summed E-state index contributed by atoms with van der Waals surface area (Å²) in [6.45, 7) is 8.62. The molecule has 1 aromatic heterocycles. The first-order chi connectivity index (χ1) is 13.5. The van der Waals surface area contributed by atoms with Crippen LogP contribution in [0.25, 0.3) is 11.0 Å². The van der Waals surface area contributed by atoms with Crippen molar-refractivity contribution in [3.05, 3.63) is 64.5 Å². The molecule has 28 heavy (non-hydrogen) atoms. The van der Waals surface area contributed by atoms with Crippen molar-refractivity contribution in [1.29, 1.82) is 0 Å². The third kappa shape index (κ3) is 3.15. The van der Waals surface area contributed by atoms with Crippen molar-refractivity contribution in [2.75, 3.05) is 13.1 Å². The number of fused-ring (bicyclic) bond motifs is 3. The molecule has 0 saturated heterocycles. The predicted octanol–water partition coefficient (Wildman–Crippen LogP) is 3.06. The summed E-state index contributed by atoms with van der Waals surface area (Å²) < 4.78 is 1.95. The highest BCUT2D eigenvalue weighted by molar-refractivity contribution is 6.00. The van der Waals surface area contributed by atoms with Crippen molar-refractivity contribution in [1.82, 2.24) is 19.8 Å². The first-order valence-corrected chi connectivity index (χ1v) is 9.62. The highest BCUT2D eigenvalue weighted by atomic mass is 16.2. The number of hydrogen-bond donors (Lipinski definition) is 1. The van der Waals surface area contributed by atoms with E-state index in [9.17, 15) is 9.59 Å². The highest BCUT2D eigenvalue weighted by Gasteiger charge is 2.27. The van der Waals surface area contributed by atoms with Gasteiger partial charge in [0, 0.05) is 31.7 Å². The third-order valence-electron chi connectivity index (χ3n) is 5.41. The van der Waals surface area contributed by atoms with Gasteiger partial charge in [-0.05, 0) is 50.1 Å². The normalized spacial score (nSPS) is 13.7. The molecule has 2 aromatic carbocycles. The zero-order valence-corrected chi connectivity index (χ0v) is 16.5. The van der Waals surface area contributed by atoms with Crippen LogP contribution in [0, 0.1) is 13.8 Å². The fourth-order valence-electron chi connectivity index (χ4n) is 3.69. The fraction of sp³-hybridized carbons (Fsp3) is 0.318. The second-order valence-electron chi connectivity index (χ2n) is 7.29. The molecule has 4 rings (SSSR count). The van der Waals surface area contributed by atoms with E-state index in [1.807, 2.05) is 31.4 Å². The van der Waals surface area contributed by atoms with Crippen LogP contribution in [-0.4, -0.2) is 39.4 Å². The lowest BCUT2D eigenvalue weighted by Gasteiger charge is -2.26. The molecule has 0 radical (unpaired) electrons. The molecule has 0 atom stereocenters. The lowest BCUT2D eigenvalue weighted by atomic mass is 10.1. The minimum atomic E-state index is -0.143. The summed E-state index contributed by atoms with van der Waals surface area (Å²) in [4.78, 5) is 31.5. The summed E-state index contributed by atoms with van der Waals surface area (Å²) in [6.07, 6.45) is 0. The van der Waals surface area contributed by atoms with E-state index in [0.717, 1.165) is 23.2 Å². The number of carbonyl (C=O) groups is 2. The second kappa shape index (κ2) is 7.11. The Morgan fingerprint density at radius 2 is 1.96 bits per heavy atom. The van der Waals surface area contributed by atoms with Gasteiger partial charge in [0.2, 0.25) is 0 Å². The van der Waals surface area contributed by atoms with Gasteiger partial charge < -0.3 is 14.8 Å². The summed E-state index contributed by atoms with van der Waals surface area (Å²) in [5.41, 5.74) is 5.56. The minimum Gasteiger partial charge on any atom is -0.348 e. The number of amides is 2. The predicted molar refractivity (Wildman–Crippen MR) is 108 cm³/mol. The maximum absolute atomic E-state index is 12.6. The molecule has 0 saturated carbocycles. The van der Waals surface area contributed by atoms with E-state index in [1.54, 1.807) is 17.0 Å². The Balaban J connectivity index is 1.57. The molecule has 3 aromatic rings. The minimum absolute atomic E-state index is 0.0501. The van der Waals surface area contributed by atoms with Crippen molar-refractivity contribution in [3.8, 4) is 0 Å². The molecule has 6 heteroatoms. The van der Waals surface area contributed by atoms with Crippen LogP contribution in [0.2, 0.25) is 0 Å². The Morgan fingerprint density at radius 1 is 1.14 bits per heavy atom. The van der Waals surface area contributed by atoms with E-state index in [4.69, 9.17) is 0 Å². The van der Waals surface area contributed by atoms with Gasteiger partial charge in [-0.1, -0.05) is 23.8 Å². The molecule has 2 heterocycles. The quantitative estimate of drug-likeness (QED) is 0.761. The SMILES string of the molecule is CCN1CCn2c(nc3cc(C(=O)NCc4cc(C)ccc4C)ccc32)C1=O. The maximum Gasteiger partial charge on any atom is 0.289 e. The number of likely N-dealkylation sites (N-methyl/N-ethyl adjacent to an activating group) is 1. The molecule has 0 unspecified atom stereocenters. The molecular formula is C22H24N4O2. The Kier molecular flexibility index (Phi) is 4.63. The number of carbonyl (C=O) groups excluding carboxylic acids is 2. The molecule has 0 aliphatic carbocycles. The van der Waals surface area contributed by atoms with Crippen LogP contribution in [0.4, 0.5) is 0 Å². The van der Waals surface area contributed by atoms with Crippen LogP contribution < -0.4 is 5.32 Å². The first-order valence-electron chi connectivity index (χ1n) is 9.62. The van der Waals surface area contributed by atoms with Crippen LogP contribution in [0.15, 0.2) is 36.4 Å². The zero-order valence-electron chi connectivity index (χ0n) is 16.5. The number of aryl methyl sites for hydroxylation is 2. The van der Waals surface area contributed by atoms with Gasteiger partial charge in [0.1, 0.15) is 0 Å². The lowest BCUT2D eigenvalue weighted by molar-refractivity contribution is 0.0709. The van der Waals surface area contributed by atoms with Crippen molar-refractivity contribution in [2.24, 2.45) is 0 Å². The summed E-state index contributed by atoms with van der Waals surface area (Å²) in [6, 6.07) is 11.7. The average Bonchev–Trinajstić information content (AvgIpc) is 3.07. The van der Waals surface area contributed by atoms with Crippen LogP contribution in [0.5, 0.6) is 0 Å². The van der Waals surface area contributed by atoms with E-state index in [1.165, 1.54) is 5.56 Å². The molecule has 0 bridgehead atoms. The smallest absolute Gasteiger partial charge is 0.289 e. The van der Waals surface area contributed by atoms with Crippen molar-refractivity contribution >= 4 is 22.8 Å². The monoisotopic (exact) mass is 376 g/mol. The van der Waals surface area contributed by atoms with E-state index < -0.39 is 0 Å². The number of hydrogen-bond acceptors (Lipinski definition) is 3. The standard InChI is InChI=1S/C22H24N4O2/c1-4-25-9-10-26-19-8-7-16(12-18(19)24-20(26)22(25)28)21(27)23-13-17-11-14(2)5-6-15(17)3/h5-8,11-12H,4,9-10,13H2,1-3H3,(H,23,27). The molecule has 1 aliphatic heterocycles. The number of rotatable bonds is 4. The van der Waals surface area contributed by atoms with Gasteiger partial charge in [0.25, 0.3) is 11.8 Å². The van der Waals surface area contributed by atoms with Gasteiger partial charge in [-0.2, -0.15) is 0 Å². The van der Waals surface area contributed by atoms with Crippen molar-refractivity contribution in [2.45, 2.75) is 33.9 Å². The zero-order chi connectivity index (χ0) is 19.8. The molecule has 2 amide bonds. The van der Waals surface area contributed by atoms with Crippen LogP contribution in [0.1, 0.15) is 44.6 Å². The number of nitrogens with one attached hydrogen (secondary N) is 1.